The van der Waals surface area contributed by atoms with Gasteiger partial charge in [0.05, 0.1) is 0 Å². The first-order valence-electron chi connectivity index (χ1n) is 4.56. The highest BCUT2D eigenvalue weighted by Crippen LogP contribution is 2.22. The lowest BCUT2D eigenvalue weighted by Gasteiger charge is -2.06. The molecule has 0 fully saturated rings. The van der Waals surface area contributed by atoms with Crippen LogP contribution in [0, 0.1) is 6.92 Å². The maximum atomic E-state index is 5.63. The molecule has 3 heteroatoms. The lowest BCUT2D eigenvalue weighted by Crippen LogP contribution is -1.98. The van der Waals surface area contributed by atoms with Crippen LogP contribution in [0.2, 0.25) is 0 Å². The molecule has 0 aliphatic carbocycles. The van der Waals surface area contributed by atoms with Gasteiger partial charge in [-0.15, -0.1) is 0 Å². The van der Waals surface area contributed by atoms with E-state index in [1.807, 2.05) is 20.8 Å². The molecule has 1 aromatic heterocycles. The molecule has 1 rings (SSSR count). The van der Waals surface area contributed by atoms with Crippen molar-refractivity contribution in [3.05, 3.63) is 21.8 Å². The van der Waals surface area contributed by atoms with Crippen molar-refractivity contribution in [2.45, 2.75) is 34.1 Å². The molecule has 0 spiro atoms. The third-order valence-corrected chi connectivity index (χ3v) is 2.48. The molecule has 0 bridgehead atoms. The first-order valence-corrected chi connectivity index (χ1v) is 5.35. The zero-order chi connectivity index (χ0) is 10.4. The predicted molar refractivity (Wildman–Crippen MR) is 61.8 cm³/mol. The summed E-state index contributed by atoms with van der Waals surface area (Å²) in [6, 6.07) is 0. The second kappa shape index (κ2) is 5.97. The van der Waals surface area contributed by atoms with Gasteiger partial charge < -0.3 is 5.73 Å². The normalized spacial score (nSPS) is 9.00. The lowest BCUT2D eigenvalue weighted by atomic mass is 10.1. The molecule has 0 aliphatic rings. The molecular weight excluding hydrogens is 228 g/mol. The molecule has 0 unspecified atom stereocenters. The molecule has 1 heterocycles. The zero-order valence-electron chi connectivity index (χ0n) is 8.69. The van der Waals surface area contributed by atoms with E-state index in [0.29, 0.717) is 5.82 Å². The Morgan fingerprint density at radius 1 is 1.46 bits per heavy atom. The predicted octanol–water partition coefficient (Wildman–Crippen LogP) is 3.32. The summed E-state index contributed by atoms with van der Waals surface area (Å²) in [7, 11) is 0. The maximum absolute atomic E-state index is 5.63. The van der Waals surface area contributed by atoms with Gasteiger partial charge in [0.15, 0.2) is 0 Å². The Morgan fingerprint density at radius 2 is 2.00 bits per heavy atom. The van der Waals surface area contributed by atoms with Crippen molar-refractivity contribution in [3.8, 4) is 0 Å². The Morgan fingerprint density at radius 3 is 2.38 bits per heavy atom. The van der Waals surface area contributed by atoms with Crippen LogP contribution >= 0.6 is 15.9 Å². The second-order valence-corrected chi connectivity index (χ2v) is 3.30. The van der Waals surface area contributed by atoms with Crippen molar-refractivity contribution in [3.63, 3.8) is 0 Å². The van der Waals surface area contributed by atoms with Gasteiger partial charge in [0.1, 0.15) is 5.82 Å². The quantitative estimate of drug-likeness (QED) is 0.824. The summed E-state index contributed by atoms with van der Waals surface area (Å²) >= 11 is 3.42. The third-order valence-electron chi connectivity index (χ3n) is 1.80. The summed E-state index contributed by atoms with van der Waals surface area (Å²) in [6.45, 7) is 8.10. The molecule has 0 radical (unpaired) electrons. The number of rotatable bonds is 1. The van der Waals surface area contributed by atoms with Gasteiger partial charge in [0.25, 0.3) is 0 Å². The van der Waals surface area contributed by atoms with Gasteiger partial charge in [0, 0.05) is 10.7 Å². The Bertz CT molecular complexity index is 272. The Kier molecular flexibility index (Phi) is 5.71. The largest absolute Gasteiger partial charge is 0.383 e. The van der Waals surface area contributed by atoms with E-state index in [2.05, 4.69) is 27.8 Å². The first-order chi connectivity index (χ1) is 6.16. The highest BCUT2D eigenvalue weighted by Gasteiger charge is 2.04. The third kappa shape index (κ3) is 2.99. The summed E-state index contributed by atoms with van der Waals surface area (Å²) in [5.41, 5.74) is 7.97. The Hall–Kier alpha value is -0.570. The van der Waals surface area contributed by atoms with E-state index >= 15 is 0 Å². The van der Waals surface area contributed by atoms with Crippen LogP contribution < -0.4 is 5.73 Å². The average Bonchev–Trinajstić information content (AvgIpc) is 2.16. The van der Waals surface area contributed by atoms with Crippen LogP contribution in [0.4, 0.5) is 5.82 Å². The molecule has 0 saturated heterocycles. The summed E-state index contributed by atoms with van der Waals surface area (Å²) < 4.78 is 1.05. The molecule has 0 saturated carbocycles. The van der Waals surface area contributed by atoms with Crippen molar-refractivity contribution < 1.29 is 0 Å². The van der Waals surface area contributed by atoms with Crippen LogP contribution in [-0.4, -0.2) is 4.98 Å². The minimum atomic E-state index is 0.630. The summed E-state index contributed by atoms with van der Waals surface area (Å²) in [5.74, 6) is 0.630. The molecular formula is C10H17BrN2. The number of pyridine rings is 1. The Balaban J connectivity index is 0.000000671. The fourth-order valence-corrected chi connectivity index (χ4v) is 1.75. The lowest BCUT2D eigenvalue weighted by molar-refractivity contribution is 1.07. The topological polar surface area (TPSA) is 38.9 Å². The van der Waals surface area contributed by atoms with Crippen molar-refractivity contribution in [1.29, 1.82) is 0 Å². The van der Waals surface area contributed by atoms with E-state index in [1.165, 1.54) is 5.56 Å². The average molecular weight is 245 g/mol. The van der Waals surface area contributed by atoms with Gasteiger partial charge in [0.2, 0.25) is 0 Å². The van der Waals surface area contributed by atoms with E-state index in [-0.39, 0.29) is 0 Å². The number of nitrogen functional groups attached to an aromatic ring is 1. The smallest absolute Gasteiger partial charge is 0.126 e. The molecule has 0 atom stereocenters. The van der Waals surface area contributed by atoms with Gasteiger partial charge in [-0.25, -0.2) is 4.98 Å². The molecule has 2 N–H and O–H groups in total. The molecule has 0 aliphatic heterocycles. The first kappa shape index (κ1) is 12.4. The zero-order valence-corrected chi connectivity index (χ0v) is 10.3. The van der Waals surface area contributed by atoms with Gasteiger partial charge in [-0.2, -0.15) is 0 Å². The van der Waals surface area contributed by atoms with E-state index in [4.69, 9.17) is 5.73 Å². The summed E-state index contributed by atoms with van der Waals surface area (Å²) in [4.78, 5) is 4.02. The highest BCUT2D eigenvalue weighted by molar-refractivity contribution is 9.10. The molecule has 2 nitrogen and oxygen atoms in total. The second-order valence-electron chi connectivity index (χ2n) is 2.45. The summed E-state index contributed by atoms with van der Waals surface area (Å²) in [6.07, 6.45) is 2.74. The van der Waals surface area contributed by atoms with Crippen LogP contribution in [0.1, 0.15) is 31.9 Å². The van der Waals surface area contributed by atoms with E-state index < -0.39 is 0 Å². The number of nitrogens with two attached hydrogens (primary N) is 1. The van der Waals surface area contributed by atoms with Gasteiger partial charge in [-0.05, 0) is 40.4 Å². The Labute approximate surface area is 88.7 Å². The molecule has 0 aromatic carbocycles. The van der Waals surface area contributed by atoms with E-state index in [9.17, 15) is 0 Å². The monoisotopic (exact) mass is 244 g/mol. The number of hydrogen-bond acceptors (Lipinski definition) is 2. The fourth-order valence-electron chi connectivity index (χ4n) is 1.07. The van der Waals surface area contributed by atoms with Crippen LogP contribution in [-0.2, 0) is 6.42 Å². The van der Waals surface area contributed by atoms with Gasteiger partial charge in [-0.1, -0.05) is 20.8 Å². The van der Waals surface area contributed by atoms with Crippen LogP contribution in [0.15, 0.2) is 10.7 Å². The highest BCUT2D eigenvalue weighted by atomic mass is 79.9. The standard InChI is InChI=1S/C8H11BrN2.C2H6/c1-3-6-5(2)8(10)11-4-7(6)9;1-2/h4H,3H2,1-2H3,(H2,10,11);1-2H3. The van der Waals surface area contributed by atoms with Crippen molar-refractivity contribution in [2.24, 2.45) is 0 Å². The number of nitrogens with zero attached hydrogens (tertiary/aromatic N) is 1. The van der Waals surface area contributed by atoms with Crippen LogP contribution in [0.25, 0.3) is 0 Å². The van der Waals surface area contributed by atoms with Crippen LogP contribution in [0.5, 0.6) is 0 Å². The molecule has 1 aromatic rings. The van der Waals surface area contributed by atoms with E-state index in [0.717, 1.165) is 16.5 Å². The molecule has 74 valence electrons. The van der Waals surface area contributed by atoms with Crippen molar-refractivity contribution >= 4 is 21.7 Å². The minimum absolute atomic E-state index is 0.630. The van der Waals surface area contributed by atoms with Crippen LogP contribution in [0.3, 0.4) is 0 Å². The fraction of sp³-hybridized carbons (Fsp3) is 0.500. The van der Waals surface area contributed by atoms with E-state index in [1.54, 1.807) is 6.20 Å². The van der Waals surface area contributed by atoms with Gasteiger partial charge >= 0.3 is 0 Å². The number of halogens is 1. The molecule has 0 amide bonds. The van der Waals surface area contributed by atoms with Crippen molar-refractivity contribution in [1.82, 2.24) is 4.98 Å². The summed E-state index contributed by atoms with van der Waals surface area (Å²) in [5, 5.41) is 0. The number of anilines is 1. The number of aromatic nitrogens is 1. The number of hydrogen-bond donors (Lipinski definition) is 1. The van der Waals surface area contributed by atoms with Crippen molar-refractivity contribution in [2.75, 3.05) is 5.73 Å². The SMILES string of the molecule is CC.CCc1c(Br)cnc(N)c1C. The molecule has 13 heavy (non-hydrogen) atoms. The minimum Gasteiger partial charge on any atom is -0.383 e. The van der Waals surface area contributed by atoms with Gasteiger partial charge in [-0.3, -0.25) is 0 Å². The maximum Gasteiger partial charge on any atom is 0.126 e.